The molecule has 94 valence electrons. The van der Waals surface area contributed by atoms with Gasteiger partial charge in [0.05, 0.1) is 12.7 Å². The number of nitrogens with zero attached hydrogens (tertiary/aromatic N) is 2. The predicted molar refractivity (Wildman–Crippen MR) is 58.6 cm³/mol. The van der Waals surface area contributed by atoms with Crippen LogP contribution >= 0.6 is 0 Å². The maximum atomic E-state index is 13.6. The lowest BCUT2D eigenvalue weighted by atomic mass is 10.2. The molecule has 0 amide bonds. The number of hydrogen-bond acceptors (Lipinski definition) is 5. The molecule has 2 heterocycles. The van der Waals surface area contributed by atoms with Gasteiger partial charge in [-0.3, -0.25) is 4.57 Å². The van der Waals surface area contributed by atoms with E-state index in [4.69, 9.17) is 9.84 Å². The molecule has 0 saturated carbocycles. The normalized spacial score (nSPS) is 28.3. The van der Waals surface area contributed by atoms with Gasteiger partial charge in [0.1, 0.15) is 12.0 Å². The molecular formula is C10H14FN3O3. The average molecular weight is 243 g/mol. The Kier molecular flexibility index (Phi) is 3.39. The van der Waals surface area contributed by atoms with Gasteiger partial charge in [0.25, 0.3) is 0 Å². The molecule has 1 fully saturated rings. The number of anilines is 1. The largest absolute Gasteiger partial charge is 0.394 e. The second kappa shape index (κ2) is 4.80. The smallest absolute Gasteiger partial charge is 0.351 e. The lowest BCUT2D eigenvalue weighted by Crippen LogP contribution is -2.30. The summed E-state index contributed by atoms with van der Waals surface area (Å²) in [6, 6.07) is 1.56. The zero-order valence-corrected chi connectivity index (χ0v) is 9.34. The average Bonchev–Trinajstić information content (AvgIpc) is 2.70. The Morgan fingerprint density at radius 2 is 2.53 bits per heavy atom. The van der Waals surface area contributed by atoms with Crippen LogP contribution in [0.25, 0.3) is 0 Å². The van der Waals surface area contributed by atoms with Crippen LogP contribution in [0, 0.1) is 0 Å². The molecule has 0 spiro atoms. The number of halogens is 1. The molecule has 3 atom stereocenters. The molecule has 2 rings (SSSR count). The molecule has 17 heavy (non-hydrogen) atoms. The summed E-state index contributed by atoms with van der Waals surface area (Å²) in [6.07, 6.45) is -1.37. The maximum absolute atomic E-state index is 13.6. The number of aromatic nitrogens is 2. The van der Waals surface area contributed by atoms with Crippen LogP contribution in [0.3, 0.4) is 0 Å². The summed E-state index contributed by atoms with van der Waals surface area (Å²) < 4.78 is 20.0. The third kappa shape index (κ3) is 2.29. The molecule has 1 unspecified atom stereocenters. The van der Waals surface area contributed by atoms with Gasteiger partial charge in [-0.25, -0.2) is 9.18 Å². The van der Waals surface area contributed by atoms with E-state index in [1.165, 1.54) is 6.20 Å². The van der Waals surface area contributed by atoms with Gasteiger partial charge < -0.3 is 15.2 Å². The lowest BCUT2D eigenvalue weighted by molar-refractivity contribution is -0.0393. The first-order chi connectivity index (χ1) is 8.15. The Labute approximate surface area is 97.0 Å². The van der Waals surface area contributed by atoms with Crippen LogP contribution in [0.4, 0.5) is 10.2 Å². The summed E-state index contributed by atoms with van der Waals surface area (Å²) >= 11 is 0. The van der Waals surface area contributed by atoms with Crippen LogP contribution in [0.2, 0.25) is 0 Å². The molecular weight excluding hydrogens is 229 g/mol. The summed E-state index contributed by atoms with van der Waals surface area (Å²) in [5.74, 6) is 0.415. The van der Waals surface area contributed by atoms with Crippen molar-refractivity contribution in [2.24, 2.45) is 0 Å². The van der Waals surface area contributed by atoms with Crippen LogP contribution in [-0.4, -0.2) is 40.6 Å². The van der Waals surface area contributed by atoms with Crippen LogP contribution in [-0.2, 0) is 4.74 Å². The van der Waals surface area contributed by atoms with E-state index in [0.717, 1.165) is 4.57 Å². The summed E-state index contributed by atoms with van der Waals surface area (Å²) in [6.45, 7) is -0.256. The van der Waals surface area contributed by atoms with E-state index in [2.05, 4.69) is 10.3 Å². The van der Waals surface area contributed by atoms with Crippen molar-refractivity contribution in [3.63, 3.8) is 0 Å². The Morgan fingerprint density at radius 3 is 3.06 bits per heavy atom. The van der Waals surface area contributed by atoms with Gasteiger partial charge in [0.2, 0.25) is 0 Å². The van der Waals surface area contributed by atoms with Crippen LogP contribution < -0.4 is 11.0 Å². The van der Waals surface area contributed by atoms with E-state index in [-0.39, 0.29) is 13.0 Å². The fourth-order valence-electron chi connectivity index (χ4n) is 1.81. The maximum Gasteiger partial charge on any atom is 0.351 e. The molecule has 6 nitrogen and oxygen atoms in total. The van der Waals surface area contributed by atoms with Gasteiger partial charge >= 0.3 is 5.69 Å². The standard InChI is InChI=1S/C10H14FN3O3/c1-12-8-2-3-14(10(16)13-8)9-7(11)4-6(5-15)17-9/h2-3,6-7,9,15H,4-5H2,1H3,(H,12,13,16)/t6-,7-,9?/m0/s1. The fraction of sp³-hybridized carbons (Fsp3) is 0.600. The summed E-state index contributed by atoms with van der Waals surface area (Å²) in [7, 11) is 1.64. The van der Waals surface area contributed by atoms with Crippen LogP contribution in [0.1, 0.15) is 12.6 Å². The van der Waals surface area contributed by atoms with E-state index in [1.807, 2.05) is 0 Å². The van der Waals surface area contributed by atoms with Gasteiger partial charge in [0.15, 0.2) is 6.23 Å². The summed E-state index contributed by atoms with van der Waals surface area (Å²) in [5.41, 5.74) is -0.580. The van der Waals surface area contributed by atoms with E-state index in [9.17, 15) is 9.18 Å². The van der Waals surface area contributed by atoms with Crippen LogP contribution in [0.15, 0.2) is 17.1 Å². The van der Waals surface area contributed by atoms with E-state index < -0.39 is 24.2 Å². The Morgan fingerprint density at radius 1 is 1.76 bits per heavy atom. The second-order valence-electron chi connectivity index (χ2n) is 3.84. The molecule has 0 radical (unpaired) electrons. The Hall–Kier alpha value is -1.47. The summed E-state index contributed by atoms with van der Waals surface area (Å²) in [5, 5.41) is 11.6. The molecule has 0 bridgehead atoms. The zero-order valence-electron chi connectivity index (χ0n) is 9.34. The molecule has 0 aromatic carbocycles. The lowest BCUT2D eigenvalue weighted by Gasteiger charge is -2.16. The first kappa shape index (κ1) is 12.0. The molecule has 1 aliphatic rings. The third-order valence-electron chi connectivity index (χ3n) is 2.69. The SMILES string of the molecule is CNc1ccn(C2O[C@H](CO)C[C@@H]2F)c(=O)n1. The minimum absolute atomic E-state index is 0.0847. The molecule has 1 aromatic heterocycles. The van der Waals surface area contributed by atoms with E-state index >= 15 is 0 Å². The first-order valence-corrected chi connectivity index (χ1v) is 5.33. The monoisotopic (exact) mass is 243 g/mol. The quantitative estimate of drug-likeness (QED) is 0.775. The Balaban J connectivity index is 2.26. The first-order valence-electron chi connectivity index (χ1n) is 5.33. The molecule has 1 aromatic rings. The highest BCUT2D eigenvalue weighted by Crippen LogP contribution is 2.29. The highest BCUT2D eigenvalue weighted by atomic mass is 19.1. The highest BCUT2D eigenvalue weighted by molar-refractivity contribution is 5.30. The number of aliphatic hydroxyl groups excluding tert-OH is 1. The fourth-order valence-corrected chi connectivity index (χ4v) is 1.81. The topological polar surface area (TPSA) is 76.4 Å². The van der Waals surface area contributed by atoms with Crippen molar-refractivity contribution in [2.75, 3.05) is 19.0 Å². The van der Waals surface area contributed by atoms with Gasteiger partial charge in [-0.15, -0.1) is 0 Å². The summed E-state index contributed by atoms with van der Waals surface area (Å²) in [4.78, 5) is 15.3. The number of ether oxygens (including phenoxy) is 1. The van der Waals surface area contributed by atoms with Crippen molar-refractivity contribution in [3.8, 4) is 0 Å². The molecule has 0 aliphatic carbocycles. The van der Waals surface area contributed by atoms with Crippen molar-refractivity contribution in [3.05, 3.63) is 22.7 Å². The molecule has 1 saturated heterocycles. The minimum Gasteiger partial charge on any atom is -0.394 e. The Bertz CT molecular complexity index is 451. The van der Waals surface area contributed by atoms with E-state index in [0.29, 0.717) is 5.82 Å². The van der Waals surface area contributed by atoms with Crippen molar-refractivity contribution < 1.29 is 14.2 Å². The number of rotatable bonds is 3. The predicted octanol–water partition coefficient (Wildman–Crippen LogP) is -0.0971. The van der Waals surface area contributed by atoms with Gasteiger partial charge in [-0.1, -0.05) is 0 Å². The molecule has 2 N–H and O–H groups in total. The van der Waals surface area contributed by atoms with Gasteiger partial charge in [0, 0.05) is 19.7 Å². The van der Waals surface area contributed by atoms with Crippen molar-refractivity contribution in [1.29, 1.82) is 0 Å². The minimum atomic E-state index is -1.31. The third-order valence-corrected chi connectivity index (χ3v) is 2.69. The van der Waals surface area contributed by atoms with Gasteiger partial charge in [-0.05, 0) is 6.07 Å². The van der Waals surface area contributed by atoms with Crippen LogP contribution in [0.5, 0.6) is 0 Å². The van der Waals surface area contributed by atoms with Crippen molar-refractivity contribution in [2.45, 2.75) is 24.9 Å². The highest BCUT2D eigenvalue weighted by Gasteiger charge is 2.36. The van der Waals surface area contributed by atoms with Crippen molar-refractivity contribution in [1.82, 2.24) is 9.55 Å². The zero-order chi connectivity index (χ0) is 12.4. The number of nitrogens with one attached hydrogen (secondary N) is 1. The molecule has 7 heteroatoms. The second-order valence-corrected chi connectivity index (χ2v) is 3.84. The van der Waals surface area contributed by atoms with Crippen molar-refractivity contribution >= 4 is 5.82 Å². The molecule has 1 aliphatic heterocycles. The number of aliphatic hydroxyl groups is 1. The van der Waals surface area contributed by atoms with Gasteiger partial charge in [-0.2, -0.15) is 4.98 Å². The number of hydrogen-bond donors (Lipinski definition) is 2. The number of alkyl halides is 1. The van der Waals surface area contributed by atoms with E-state index in [1.54, 1.807) is 13.1 Å².